The Morgan fingerprint density at radius 3 is 3.00 bits per heavy atom. The second kappa shape index (κ2) is 3.02. The lowest BCUT2D eigenvalue weighted by Gasteiger charge is -2.20. The lowest BCUT2D eigenvalue weighted by atomic mass is 10.1. The molecule has 0 atom stereocenters. The number of furan rings is 1. The molecule has 0 unspecified atom stereocenters. The highest BCUT2D eigenvalue weighted by Gasteiger charge is 2.25. The number of likely N-dealkylation sites (N-methyl/N-ethyl adjacent to an activating group) is 1. The van der Waals surface area contributed by atoms with E-state index in [4.69, 9.17) is 15.3 Å². The summed E-state index contributed by atoms with van der Waals surface area (Å²) in [5.74, 6) is -0.529. The second-order valence-corrected chi connectivity index (χ2v) is 3.54. The summed E-state index contributed by atoms with van der Waals surface area (Å²) in [7, 11) is 1.96. The number of nitrogen functional groups attached to an aromatic ring is 1. The van der Waals surface area contributed by atoms with Gasteiger partial charge in [0.2, 0.25) is 5.76 Å². The van der Waals surface area contributed by atoms with Gasteiger partial charge in [0.25, 0.3) is 0 Å². The Morgan fingerprint density at radius 2 is 2.36 bits per heavy atom. The van der Waals surface area contributed by atoms with Crippen LogP contribution in [0.5, 0.6) is 0 Å². The van der Waals surface area contributed by atoms with E-state index in [1.54, 1.807) is 0 Å². The van der Waals surface area contributed by atoms with Crippen LogP contribution in [0.2, 0.25) is 0 Å². The molecule has 1 aromatic heterocycles. The highest BCUT2D eigenvalue weighted by Crippen LogP contribution is 2.29. The third kappa shape index (κ3) is 1.26. The van der Waals surface area contributed by atoms with Crippen LogP contribution in [0.4, 0.5) is 5.69 Å². The summed E-state index contributed by atoms with van der Waals surface area (Å²) in [5, 5.41) is 8.79. The maximum Gasteiger partial charge on any atom is 0.374 e. The lowest BCUT2D eigenvalue weighted by molar-refractivity contribution is 0.0660. The van der Waals surface area contributed by atoms with Crippen LogP contribution in [-0.4, -0.2) is 29.6 Å². The minimum atomic E-state index is -1.10. The lowest BCUT2D eigenvalue weighted by Crippen LogP contribution is -2.25. The Labute approximate surface area is 81.1 Å². The maximum absolute atomic E-state index is 10.7. The van der Waals surface area contributed by atoms with Crippen LogP contribution < -0.4 is 5.73 Å². The van der Waals surface area contributed by atoms with Crippen LogP contribution in [0.1, 0.15) is 21.9 Å². The van der Waals surface area contributed by atoms with E-state index in [2.05, 4.69) is 4.90 Å². The average molecular weight is 196 g/mol. The van der Waals surface area contributed by atoms with Crippen molar-refractivity contribution in [1.29, 1.82) is 0 Å². The molecule has 5 nitrogen and oxygen atoms in total. The van der Waals surface area contributed by atoms with Crippen molar-refractivity contribution in [3.63, 3.8) is 0 Å². The van der Waals surface area contributed by atoms with Crippen molar-refractivity contribution in [2.24, 2.45) is 0 Å². The molecule has 3 N–H and O–H groups in total. The minimum absolute atomic E-state index is 0.120. The van der Waals surface area contributed by atoms with Gasteiger partial charge in [-0.1, -0.05) is 0 Å². The SMILES string of the molecule is CN1CCc2c(oc(C(=O)O)c2N)C1. The van der Waals surface area contributed by atoms with Gasteiger partial charge < -0.3 is 15.3 Å². The summed E-state index contributed by atoms with van der Waals surface area (Å²) in [6, 6.07) is 0. The summed E-state index contributed by atoms with van der Waals surface area (Å²) < 4.78 is 5.20. The van der Waals surface area contributed by atoms with Gasteiger partial charge in [-0.15, -0.1) is 0 Å². The highest BCUT2D eigenvalue weighted by molar-refractivity contribution is 5.91. The van der Waals surface area contributed by atoms with Crippen LogP contribution in [0, 0.1) is 0 Å². The summed E-state index contributed by atoms with van der Waals surface area (Å²) in [4.78, 5) is 12.8. The quantitative estimate of drug-likeness (QED) is 0.685. The number of aromatic carboxylic acids is 1. The van der Waals surface area contributed by atoms with Gasteiger partial charge in [0.15, 0.2) is 0 Å². The van der Waals surface area contributed by atoms with Crippen LogP contribution in [-0.2, 0) is 13.0 Å². The second-order valence-electron chi connectivity index (χ2n) is 3.54. The molecule has 0 saturated heterocycles. The monoisotopic (exact) mass is 196 g/mol. The van der Waals surface area contributed by atoms with Crippen molar-refractivity contribution in [2.75, 3.05) is 19.3 Å². The van der Waals surface area contributed by atoms with E-state index in [-0.39, 0.29) is 5.76 Å². The molecule has 1 aliphatic rings. The molecule has 0 spiro atoms. The first-order valence-electron chi connectivity index (χ1n) is 4.41. The molecule has 0 bridgehead atoms. The standard InChI is InChI=1S/C9H12N2O3/c1-11-3-2-5-6(4-11)14-8(7(5)10)9(12)13/h2-4,10H2,1H3,(H,12,13). The van der Waals surface area contributed by atoms with Crippen LogP contribution >= 0.6 is 0 Å². The van der Waals surface area contributed by atoms with E-state index in [9.17, 15) is 4.79 Å². The van der Waals surface area contributed by atoms with Gasteiger partial charge in [-0.25, -0.2) is 4.79 Å². The Hall–Kier alpha value is -1.49. The minimum Gasteiger partial charge on any atom is -0.475 e. The number of anilines is 1. The number of hydrogen-bond acceptors (Lipinski definition) is 4. The van der Waals surface area contributed by atoms with Gasteiger partial charge in [0.05, 0.1) is 12.2 Å². The molecular formula is C9H12N2O3. The van der Waals surface area contributed by atoms with E-state index in [1.165, 1.54) is 0 Å². The first kappa shape index (κ1) is 9.08. The zero-order chi connectivity index (χ0) is 10.3. The molecule has 0 fully saturated rings. The fourth-order valence-corrected chi connectivity index (χ4v) is 1.71. The molecule has 0 aromatic carbocycles. The first-order valence-corrected chi connectivity index (χ1v) is 4.41. The number of carboxylic acid groups (broad SMARTS) is 1. The molecule has 5 heteroatoms. The predicted octanol–water partition coefficient (Wildman–Crippen LogP) is 0.548. The number of fused-ring (bicyclic) bond motifs is 1. The zero-order valence-corrected chi connectivity index (χ0v) is 7.91. The molecule has 2 rings (SSSR count). The molecule has 1 aliphatic heterocycles. The van der Waals surface area contributed by atoms with Crippen LogP contribution in [0.15, 0.2) is 4.42 Å². The molecule has 2 heterocycles. The van der Waals surface area contributed by atoms with E-state index in [1.807, 2.05) is 7.05 Å². The van der Waals surface area contributed by atoms with Crippen molar-refractivity contribution in [3.8, 4) is 0 Å². The molecule has 0 saturated carbocycles. The van der Waals surface area contributed by atoms with Crippen molar-refractivity contribution >= 4 is 11.7 Å². The first-order chi connectivity index (χ1) is 6.59. The molecule has 1 aromatic rings. The smallest absolute Gasteiger partial charge is 0.374 e. The number of carboxylic acids is 1. The topological polar surface area (TPSA) is 79.7 Å². The normalized spacial score (nSPS) is 16.6. The molecular weight excluding hydrogens is 184 g/mol. The van der Waals surface area contributed by atoms with E-state index < -0.39 is 5.97 Å². The molecule has 0 amide bonds. The summed E-state index contributed by atoms with van der Waals surface area (Å²) in [5.41, 5.74) is 6.83. The van der Waals surface area contributed by atoms with Crippen molar-refractivity contribution in [1.82, 2.24) is 4.90 Å². The fourth-order valence-electron chi connectivity index (χ4n) is 1.71. The highest BCUT2D eigenvalue weighted by atomic mass is 16.4. The Balaban J connectivity index is 2.45. The maximum atomic E-state index is 10.7. The van der Waals surface area contributed by atoms with Crippen LogP contribution in [0.3, 0.4) is 0 Å². The third-order valence-corrected chi connectivity index (χ3v) is 2.48. The predicted molar refractivity (Wildman–Crippen MR) is 50.1 cm³/mol. The molecule has 0 radical (unpaired) electrons. The summed E-state index contributed by atoms with van der Waals surface area (Å²) in [6.07, 6.45) is 0.758. The Bertz CT molecular complexity index is 384. The summed E-state index contributed by atoms with van der Waals surface area (Å²) >= 11 is 0. The number of rotatable bonds is 1. The van der Waals surface area contributed by atoms with Gasteiger partial charge in [0.1, 0.15) is 5.76 Å². The van der Waals surface area contributed by atoms with Crippen molar-refractivity contribution < 1.29 is 14.3 Å². The number of carbonyl (C=O) groups is 1. The number of nitrogens with zero attached hydrogens (tertiary/aromatic N) is 1. The largest absolute Gasteiger partial charge is 0.475 e. The fraction of sp³-hybridized carbons (Fsp3) is 0.444. The summed E-state index contributed by atoms with van der Waals surface area (Å²) in [6.45, 7) is 1.52. The molecule has 76 valence electrons. The van der Waals surface area contributed by atoms with Gasteiger partial charge >= 0.3 is 5.97 Å². The van der Waals surface area contributed by atoms with E-state index in [0.29, 0.717) is 18.0 Å². The Morgan fingerprint density at radius 1 is 1.64 bits per heavy atom. The van der Waals surface area contributed by atoms with E-state index in [0.717, 1.165) is 18.5 Å². The van der Waals surface area contributed by atoms with Gasteiger partial charge in [-0.2, -0.15) is 0 Å². The number of hydrogen-bond donors (Lipinski definition) is 2. The van der Waals surface area contributed by atoms with Gasteiger partial charge in [-0.05, 0) is 13.5 Å². The number of nitrogens with two attached hydrogens (primary N) is 1. The van der Waals surface area contributed by atoms with Gasteiger partial charge in [-0.3, -0.25) is 4.90 Å². The third-order valence-electron chi connectivity index (χ3n) is 2.48. The zero-order valence-electron chi connectivity index (χ0n) is 7.91. The van der Waals surface area contributed by atoms with Gasteiger partial charge in [0, 0.05) is 12.1 Å². The molecule has 0 aliphatic carbocycles. The Kier molecular flexibility index (Phi) is 1.96. The van der Waals surface area contributed by atoms with Crippen molar-refractivity contribution in [3.05, 3.63) is 17.1 Å². The molecule has 14 heavy (non-hydrogen) atoms. The van der Waals surface area contributed by atoms with E-state index >= 15 is 0 Å². The average Bonchev–Trinajstić information content (AvgIpc) is 2.43. The van der Waals surface area contributed by atoms with Crippen molar-refractivity contribution in [2.45, 2.75) is 13.0 Å². The van der Waals surface area contributed by atoms with Crippen LogP contribution in [0.25, 0.3) is 0 Å².